The number of aromatic amines is 1. The second-order valence-corrected chi connectivity index (χ2v) is 6.60. The maximum Gasteiger partial charge on any atom is 0.265 e. The lowest BCUT2D eigenvalue weighted by atomic mass is 10.1. The molecule has 1 aromatic carbocycles. The fourth-order valence-electron chi connectivity index (χ4n) is 2.31. The van der Waals surface area contributed by atoms with Crippen molar-refractivity contribution in [3.05, 3.63) is 47.7 Å². The van der Waals surface area contributed by atoms with Crippen LogP contribution in [0.4, 0.5) is 11.4 Å². The van der Waals surface area contributed by atoms with E-state index in [0.717, 1.165) is 10.9 Å². The minimum atomic E-state index is -3.73. The van der Waals surface area contributed by atoms with E-state index in [9.17, 15) is 8.42 Å². The van der Waals surface area contributed by atoms with E-state index in [0.29, 0.717) is 16.9 Å². The number of nitrogens with zero attached hydrogens (tertiary/aromatic N) is 3. The van der Waals surface area contributed by atoms with Gasteiger partial charge in [0.25, 0.3) is 10.0 Å². The number of fused-ring (bicyclic) bond motifs is 1. The highest BCUT2D eigenvalue weighted by Crippen LogP contribution is 2.34. The third-order valence-electron chi connectivity index (χ3n) is 3.38. The molecule has 0 radical (unpaired) electrons. The van der Waals surface area contributed by atoms with Crippen LogP contribution >= 0.6 is 0 Å². The molecule has 0 aliphatic heterocycles. The Bertz CT molecular complexity index is 1010. The van der Waals surface area contributed by atoms with Gasteiger partial charge >= 0.3 is 0 Å². The molecule has 3 rings (SSSR count). The number of sulfonamides is 1. The van der Waals surface area contributed by atoms with Crippen molar-refractivity contribution in [1.82, 2.24) is 14.8 Å². The van der Waals surface area contributed by atoms with E-state index in [2.05, 4.69) is 19.6 Å². The summed E-state index contributed by atoms with van der Waals surface area (Å²) < 4.78 is 28.7. The Morgan fingerprint density at radius 2 is 2.18 bits per heavy atom. The first-order valence-electron chi connectivity index (χ1n) is 6.42. The lowest BCUT2D eigenvalue weighted by molar-refractivity contribution is 0.601. The van der Waals surface area contributed by atoms with Crippen molar-refractivity contribution in [3.8, 4) is 0 Å². The summed E-state index contributed by atoms with van der Waals surface area (Å²) in [5.74, 6) is 0. The first-order valence-corrected chi connectivity index (χ1v) is 7.90. The predicted molar refractivity (Wildman–Crippen MR) is 83.3 cm³/mol. The standard InChI is InChI=1S/C14H13N5O2S/c1-9-4-5-11(14-13(9)12(15-2)7-16-14)18-22(20,21)10-6-17-19(3)8-10/h4-8,16,18H,1,3H3. The Kier molecular flexibility index (Phi) is 3.15. The molecular weight excluding hydrogens is 302 g/mol. The highest BCUT2D eigenvalue weighted by molar-refractivity contribution is 7.92. The normalized spacial score (nSPS) is 11.5. The lowest BCUT2D eigenvalue weighted by Gasteiger charge is -2.09. The van der Waals surface area contributed by atoms with Gasteiger partial charge in [-0.15, -0.1) is 0 Å². The molecule has 0 spiro atoms. The summed E-state index contributed by atoms with van der Waals surface area (Å²) in [5.41, 5.74) is 2.37. The number of H-pyrrole nitrogens is 1. The summed E-state index contributed by atoms with van der Waals surface area (Å²) in [6.45, 7) is 9.06. The average molecular weight is 315 g/mol. The van der Waals surface area contributed by atoms with Gasteiger partial charge in [0.2, 0.25) is 5.69 Å². The highest BCUT2D eigenvalue weighted by Gasteiger charge is 2.19. The second kappa shape index (κ2) is 4.89. The van der Waals surface area contributed by atoms with Gasteiger partial charge in [0.05, 0.1) is 24.0 Å². The number of rotatable bonds is 3. The van der Waals surface area contributed by atoms with Gasteiger partial charge in [-0.2, -0.15) is 5.10 Å². The van der Waals surface area contributed by atoms with Crippen molar-refractivity contribution in [1.29, 1.82) is 0 Å². The van der Waals surface area contributed by atoms with Gasteiger partial charge in [-0.05, 0) is 13.0 Å². The van der Waals surface area contributed by atoms with Gasteiger partial charge in [-0.25, -0.2) is 13.3 Å². The van der Waals surface area contributed by atoms with Crippen LogP contribution in [0.25, 0.3) is 15.7 Å². The minimum Gasteiger partial charge on any atom is -0.370 e. The molecule has 0 aliphatic rings. The van der Waals surface area contributed by atoms with Crippen molar-refractivity contribution in [2.24, 2.45) is 7.05 Å². The number of benzene rings is 1. The fourth-order valence-corrected chi connectivity index (χ4v) is 3.37. The van der Waals surface area contributed by atoms with Crippen LogP contribution < -0.4 is 4.72 Å². The molecule has 7 nitrogen and oxygen atoms in total. The molecule has 0 saturated heterocycles. The van der Waals surface area contributed by atoms with Gasteiger partial charge in [0, 0.05) is 24.8 Å². The molecule has 2 N–H and O–H groups in total. The number of anilines is 1. The zero-order valence-corrected chi connectivity index (χ0v) is 12.8. The van der Waals surface area contributed by atoms with E-state index in [1.165, 1.54) is 17.1 Å². The van der Waals surface area contributed by atoms with E-state index in [1.807, 2.05) is 6.92 Å². The average Bonchev–Trinajstić information content (AvgIpc) is 3.08. The van der Waals surface area contributed by atoms with Gasteiger partial charge in [-0.3, -0.25) is 9.40 Å². The molecule has 0 atom stereocenters. The molecule has 0 fully saturated rings. The van der Waals surface area contributed by atoms with Crippen molar-refractivity contribution in [2.45, 2.75) is 11.8 Å². The maximum atomic E-state index is 12.4. The van der Waals surface area contributed by atoms with E-state index >= 15 is 0 Å². The maximum absolute atomic E-state index is 12.4. The van der Waals surface area contributed by atoms with Crippen LogP contribution in [0.3, 0.4) is 0 Å². The van der Waals surface area contributed by atoms with Crippen molar-refractivity contribution in [3.63, 3.8) is 0 Å². The Hall–Kier alpha value is -2.79. The third-order valence-corrected chi connectivity index (χ3v) is 4.70. The van der Waals surface area contributed by atoms with Crippen LogP contribution in [0.1, 0.15) is 5.56 Å². The summed E-state index contributed by atoms with van der Waals surface area (Å²) in [5, 5.41) is 4.59. The van der Waals surface area contributed by atoms with Crippen LogP contribution in [-0.4, -0.2) is 23.2 Å². The Morgan fingerprint density at radius 3 is 2.82 bits per heavy atom. The van der Waals surface area contributed by atoms with Crippen LogP contribution in [0.2, 0.25) is 0 Å². The third kappa shape index (κ3) is 2.21. The largest absolute Gasteiger partial charge is 0.370 e. The predicted octanol–water partition coefficient (Wildman–Crippen LogP) is 2.56. The topological polar surface area (TPSA) is 84.1 Å². The molecule has 112 valence electrons. The molecule has 2 heterocycles. The number of hydrogen-bond donors (Lipinski definition) is 2. The molecule has 22 heavy (non-hydrogen) atoms. The molecule has 8 heteroatoms. The Morgan fingerprint density at radius 1 is 1.41 bits per heavy atom. The van der Waals surface area contributed by atoms with E-state index < -0.39 is 10.0 Å². The van der Waals surface area contributed by atoms with Crippen LogP contribution in [-0.2, 0) is 17.1 Å². The van der Waals surface area contributed by atoms with Gasteiger partial charge in [0.15, 0.2) is 0 Å². The zero-order chi connectivity index (χ0) is 15.9. The number of aryl methyl sites for hydroxylation is 2. The minimum absolute atomic E-state index is 0.0840. The van der Waals surface area contributed by atoms with Gasteiger partial charge < -0.3 is 4.98 Å². The molecule has 0 unspecified atom stereocenters. The van der Waals surface area contributed by atoms with Crippen LogP contribution in [0, 0.1) is 13.5 Å². The first kappa shape index (κ1) is 14.2. The van der Waals surface area contributed by atoms with Crippen molar-refractivity contribution >= 4 is 32.3 Å². The second-order valence-electron chi connectivity index (χ2n) is 4.92. The smallest absolute Gasteiger partial charge is 0.265 e. The summed E-state index contributed by atoms with van der Waals surface area (Å²) in [6, 6.07) is 3.46. The highest BCUT2D eigenvalue weighted by atomic mass is 32.2. The Labute approximate surface area is 127 Å². The summed E-state index contributed by atoms with van der Waals surface area (Å²) in [4.78, 5) is 6.50. The first-order chi connectivity index (χ1) is 10.4. The van der Waals surface area contributed by atoms with Crippen molar-refractivity contribution in [2.75, 3.05) is 4.72 Å². The van der Waals surface area contributed by atoms with Crippen molar-refractivity contribution < 1.29 is 8.42 Å². The molecule has 2 aromatic heterocycles. The van der Waals surface area contributed by atoms with E-state index in [-0.39, 0.29) is 4.90 Å². The molecule has 3 aromatic rings. The number of hydrogen-bond acceptors (Lipinski definition) is 3. The number of aromatic nitrogens is 3. The molecule has 0 bridgehead atoms. The number of nitrogens with one attached hydrogen (secondary N) is 2. The summed E-state index contributed by atoms with van der Waals surface area (Å²) in [6.07, 6.45) is 4.28. The van der Waals surface area contributed by atoms with Crippen LogP contribution in [0.5, 0.6) is 0 Å². The van der Waals surface area contributed by atoms with Gasteiger partial charge in [0.1, 0.15) is 4.90 Å². The molecule has 0 amide bonds. The van der Waals surface area contributed by atoms with Gasteiger partial charge in [-0.1, -0.05) is 11.6 Å². The monoisotopic (exact) mass is 315 g/mol. The lowest BCUT2D eigenvalue weighted by Crippen LogP contribution is -2.12. The summed E-state index contributed by atoms with van der Waals surface area (Å²) >= 11 is 0. The zero-order valence-electron chi connectivity index (χ0n) is 12.0. The van der Waals surface area contributed by atoms with E-state index in [1.54, 1.807) is 25.4 Å². The molecular formula is C14H13N5O2S. The van der Waals surface area contributed by atoms with E-state index in [4.69, 9.17) is 6.57 Å². The molecule has 0 aliphatic carbocycles. The summed E-state index contributed by atoms with van der Waals surface area (Å²) in [7, 11) is -2.08. The SMILES string of the molecule is [C-]#[N+]c1c[nH]c2c(NS(=O)(=O)c3cnn(C)c3)ccc(C)c12. The Balaban J connectivity index is 2.11. The molecule has 0 saturated carbocycles. The quantitative estimate of drug-likeness (QED) is 0.729. The van der Waals surface area contributed by atoms with Crippen LogP contribution in [0.15, 0.2) is 35.6 Å². The fraction of sp³-hybridized carbons (Fsp3) is 0.143.